The normalized spacial score (nSPS) is 14.2. The molecule has 65 heavy (non-hydrogen) atoms. The maximum Gasteiger partial charge on any atom is 0.137 e. The molecule has 0 N–H and O–H groups in total. The van der Waals surface area contributed by atoms with E-state index in [-0.39, 0.29) is 11.3 Å². The third-order valence-electron chi connectivity index (χ3n) is 13.5. The summed E-state index contributed by atoms with van der Waals surface area (Å²) in [5, 5.41) is 2.56. The number of pyridine rings is 1. The molecule has 0 amide bonds. The summed E-state index contributed by atoms with van der Waals surface area (Å²) in [6, 6.07) is 70.1. The van der Waals surface area contributed by atoms with E-state index in [0.29, 0.717) is 6.67 Å². The van der Waals surface area contributed by atoms with Crippen LogP contribution in [0.1, 0.15) is 54.5 Å². The van der Waals surface area contributed by atoms with Gasteiger partial charge in [0.05, 0.1) is 28.1 Å². The molecule has 10 aromatic rings. The Morgan fingerprint density at radius 2 is 1.18 bits per heavy atom. The smallest absolute Gasteiger partial charge is 0.137 e. The third kappa shape index (κ3) is 6.41. The Morgan fingerprint density at radius 1 is 0.554 bits per heavy atom. The van der Waals surface area contributed by atoms with E-state index in [0.717, 1.165) is 51.0 Å². The second kappa shape index (κ2) is 15.1. The molecule has 1 aliphatic carbocycles. The second-order valence-electron chi connectivity index (χ2n) is 18.5. The lowest BCUT2D eigenvalue weighted by molar-refractivity contribution is 0.479. The van der Waals surface area contributed by atoms with Gasteiger partial charge in [0.2, 0.25) is 0 Å². The van der Waals surface area contributed by atoms with Crippen LogP contribution in [-0.4, -0.2) is 16.2 Å². The molecular formula is C60H48N4O. The van der Waals surface area contributed by atoms with Crippen molar-refractivity contribution in [2.24, 2.45) is 0 Å². The molecule has 5 heteroatoms. The third-order valence-corrected chi connectivity index (χ3v) is 13.5. The summed E-state index contributed by atoms with van der Waals surface area (Å²) < 4.78 is 9.52. The fourth-order valence-electron chi connectivity index (χ4n) is 10.3. The van der Waals surface area contributed by atoms with Crippen molar-refractivity contribution in [3.8, 4) is 39.6 Å². The molecule has 3 heterocycles. The number of hydrogen-bond donors (Lipinski definition) is 0. The average Bonchev–Trinajstić information content (AvgIpc) is 4.01. The van der Waals surface area contributed by atoms with Gasteiger partial charge in [-0.3, -0.25) is 4.57 Å². The lowest BCUT2D eigenvalue weighted by atomic mass is 9.87. The fourth-order valence-corrected chi connectivity index (χ4v) is 10.3. The molecule has 0 radical (unpaired) electrons. The van der Waals surface area contributed by atoms with Crippen LogP contribution >= 0.6 is 0 Å². The lowest BCUT2D eigenvalue weighted by Crippen LogP contribution is -2.25. The zero-order valence-electron chi connectivity index (χ0n) is 37.0. The van der Waals surface area contributed by atoms with Gasteiger partial charge in [-0.1, -0.05) is 160 Å². The topological polar surface area (TPSA) is 33.5 Å². The summed E-state index contributed by atoms with van der Waals surface area (Å²) in [6.07, 6.45) is 1.95. The Bertz CT molecular complexity index is 3380. The van der Waals surface area contributed by atoms with Crippen molar-refractivity contribution in [1.82, 2.24) is 9.55 Å². The number of rotatable bonds is 8. The fraction of sp³-hybridized carbons (Fsp3) is 0.117. The van der Waals surface area contributed by atoms with Crippen LogP contribution in [0.25, 0.3) is 49.9 Å². The molecule has 1 aliphatic heterocycles. The highest BCUT2D eigenvalue weighted by atomic mass is 16.5. The van der Waals surface area contributed by atoms with Crippen molar-refractivity contribution in [2.45, 2.75) is 39.0 Å². The van der Waals surface area contributed by atoms with Crippen molar-refractivity contribution < 1.29 is 4.74 Å². The van der Waals surface area contributed by atoms with E-state index >= 15 is 0 Å². The molecule has 12 rings (SSSR count). The lowest BCUT2D eigenvalue weighted by Gasteiger charge is -2.27. The molecule has 0 spiro atoms. The van der Waals surface area contributed by atoms with Gasteiger partial charge in [0.25, 0.3) is 0 Å². The van der Waals surface area contributed by atoms with Crippen molar-refractivity contribution in [3.05, 3.63) is 228 Å². The number of fused-ring (bicyclic) bond motifs is 1. The summed E-state index contributed by atoms with van der Waals surface area (Å²) in [5.41, 5.74) is 17.7. The van der Waals surface area contributed by atoms with E-state index in [1.165, 1.54) is 61.0 Å². The van der Waals surface area contributed by atoms with Gasteiger partial charge >= 0.3 is 0 Å². The average molecular weight is 841 g/mol. The highest BCUT2D eigenvalue weighted by Crippen LogP contribution is 2.53. The molecule has 0 bridgehead atoms. The van der Waals surface area contributed by atoms with Crippen LogP contribution in [0.15, 0.2) is 200 Å². The van der Waals surface area contributed by atoms with E-state index in [1.54, 1.807) is 0 Å². The summed E-state index contributed by atoms with van der Waals surface area (Å²) in [6.45, 7) is 9.54. The zero-order chi connectivity index (χ0) is 43.8. The van der Waals surface area contributed by atoms with Gasteiger partial charge in [-0.05, 0) is 93.7 Å². The Labute approximate surface area is 380 Å². The Balaban J connectivity index is 0.982. The molecule has 0 saturated heterocycles. The predicted molar refractivity (Wildman–Crippen MR) is 269 cm³/mol. The molecule has 5 nitrogen and oxygen atoms in total. The van der Waals surface area contributed by atoms with E-state index in [2.05, 4.69) is 236 Å². The largest absolute Gasteiger partial charge is 0.457 e. The first kappa shape index (κ1) is 38.8. The number of ether oxygens (including phenoxy) is 1. The minimum absolute atomic E-state index is 0.0264. The number of benzene rings is 8. The first-order chi connectivity index (χ1) is 31.8. The predicted octanol–water partition coefficient (Wildman–Crippen LogP) is 15.7. The van der Waals surface area contributed by atoms with E-state index in [1.807, 2.05) is 6.20 Å². The van der Waals surface area contributed by atoms with Gasteiger partial charge in [-0.2, -0.15) is 0 Å². The van der Waals surface area contributed by atoms with Crippen LogP contribution in [0.3, 0.4) is 0 Å². The minimum Gasteiger partial charge on any atom is -0.457 e. The van der Waals surface area contributed by atoms with Gasteiger partial charge in [0.1, 0.15) is 24.0 Å². The van der Waals surface area contributed by atoms with Crippen LogP contribution in [0.2, 0.25) is 0 Å². The van der Waals surface area contributed by atoms with E-state index < -0.39 is 0 Å². The second-order valence-corrected chi connectivity index (χ2v) is 18.5. The number of aryl methyl sites for hydroxylation is 1. The molecule has 314 valence electrons. The Morgan fingerprint density at radius 3 is 1.88 bits per heavy atom. The molecule has 2 aliphatic rings. The Kier molecular flexibility index (Phi) is 9.02. The van der Waals surface area contributed by atoms with E-state index in [9.17, 15) is 0 Å². The summed E-state index contributed by atoms with van der Waals surface area (Å²) in [4.78, 5) is 9.91. The molecule has 2 aromatic heterocycles. The first-order valence-corrected chi connectivity index (χ1v) is 22.6. The van der Waals surface area contributed by atoms with Gasteiger partial charge in [0.15, 0.2) is 0 Å². The van der Waals surface area contributed by atoms with Crippen molar-refractivity contribution in [1.29, 1.82) is 0 Å². The number of aromatic nitrogens is 2. The maximum atomic E-state index is 7.17. The summed E-state index contributed by atoms with van der Waals surface area (Å²) in [5.74, 6) is 2.62. The highest BCUT2D eigenvalue weighted by molar-refractivity contribution is 6.16. The summed E-state index contributed by atoms with van der Waals surface area (Å²) in [7, 11) is 0. The van der Waals surface area contributed by atoms with Gasteiger partial charge in [0, 0.05) is 51.8 Å². The molecule has 0 fully saturated rings. The molecule has 8 aromatic carbocycles. The van der Waals surface area contributed by atoms with Crippen molar-refractivity contribution >= 4 is 44.6 Å². The van der Waals surface area contributed by atoms with Gasteiger partial charge in [-0.15, -0.1) is 0 Å². The van der Waals surface area contributed by atoms with Crippen LogP contribution in [0, 0.1) is 6.92 Å². The minimum atomic E-state index is -0.0264. The number of hydrogen-bond acceptors (Lipinski definition) is 4. The van der Waals surface area contributed by atoms with Crippen LogP contribution in [-0.2, 0) is 5.41 Å². The van der Waals surface area contributed by atoms with Crippen LogP contribution < -0.4 is 14.5 Å². The van der Waals surface area contributed by atoms with Gasteiger partial charge < -0.3 is 14.5 Å². The standard InChI is InChI=1S/C60H48N4O/c1-39-30-31-44(62-38-63(51-28-15-14-27-50(51)62)59-46(40-18-8-5-9-19-40)24-16-25-47(59)41-20-10-6-11-21-41)35-54(39)65-45-36-49-56(42-22-12-7-13-23-42)48-26-17-29-52-57(48)58(49)53(37-45)64(52)55-34-43(32-33-61-55)60(2,3)4/h5-37,56H,38H2,1-4H3. The monoisotopic (exact) mass is 840 g/mol. The summed E-state index contributed by atoms with van der Waals surface area (Å²) >= 11 is 0. The van der Waals surface area contributed by atoms with Crippen LogP contribution in [0.4, 0.5) is 22.7 Å². The SMILES string of the molecule is Cc1ccc(N2CN(c3c(-c4ccccc4)cccc3-c3ccccc3)c3ccccc32)cc1Oc1cc2c3c4c(cccc4n(-c4cc(C(C)(C)C)ccn4)c3c1)C2c1ccccc1. The highest BCUT2D eigenvalue weighted by Gasteiger charge is 2.34. The molecule has 1 atom stereocenters. The molecule has 1 unspecified atom stereocenters. The zero-order valence-corrected chi connectivity index (χ0v) is 37.0. The van der Waals surface area contributed by atoms with Crippen LogP contribution in [0.5, 0.6) is 11.5 Å². The number of nitrogens with zero attached hydrogens (tertiary/aromatic N) is 4. The van der Waals surface area contributed by atoms with Gasteiger partial charge in [-0.25, -0.2) is 4.98 Å². The molecular weight excluding hydrogens is 793 g/mol. The molecule has 0 saturated carbocycles. The van der Waals surface area contributed by atoms with E-state index in [4.69, 9.17) is 9.72 Å². The first-order valence-electron chi connectivity index (χ1n) is 22.6. The maximum absolute atomic E-state index is 7.17. The van der Waals surface area contributed by atoms with Crippen molar-refractivity contribution in [3.63, 3.8) is 0 Å². The number of para-hydroxylation sites is 3. The Hall–Kier alpha value is -7.89. The van der Waals surface area contributed by atoms with Crippen molar-refractivity contribution in [2.75, 3.05) is 16.5 Å². The number of anilines is 4. The quantitative estimate of drug-likeness (QED) is 0.153.